The van der Waals surface area contributed by atoms with Crippen molar-refractivity contribution in [2.45, 2.75) is 46.1 Å². The predicted molar refractivity (Wildman–Crippen MR) is 130 cm³/mol. The van der Waals surface area contributed by atoms with Gasteiger partial charge in [0.05, 0.1) is 7.11 Å². The van der Waals surface area contributed by atoms with Crippen LogP contribution in [0.1, 0.15) is 48.5 Å². The summed E-state index contributed by atoms with van der Waals surface area (Å²) >= 11 is 1.26. The lowest BCUT2D eigenvalue weighted by Crippen LogP contribution is -2.30. The minimum atomic E-state index is -0.798. The predicted octanol–water partition coefficient (Wildman–Crippen LogP) is 6.35. The van der Waals surface area contributed by atoms with Crippen molar-refractivity contribution in [1.82, 2.24) is 0 Å². The van der Waals surface area contributed by atoms with E-state index in [0.29, 0.717) is 21.9 Å². The molecule has 1 atom stereocenters. The molecule has 174 valence electrons. The smallest absolute Gasteiger partial charge is 0.341 e. The van der Waals surface area contributed by atoms with E-state index in [1.54, 1.807) is 19.1 Å². The van der Waals surface area contributed by atoms with Gasteiger partial charge in [-0.25, -0.2) is 9.18 Å². The van der Waals surface area contributed by atoms with Gasteiger partial charge in [0.15, 0.2) is 6.10 Å². The van der Waals surface area contributed by atoms with Crippen LogP contribution in [0.3, 0.4) is 0 Å². The fourth-order valence-corrected chi connectivity index (χ4v) is 4.47. The summed E-state index contributed by atoms with van der Waals surface area (Å²) in [5, 5.41) is 3.17. The van der Waals surface area contributed by atoms with E-state index in [1.165, 1.54) is 30.6 Å². The van der Waals surface area contributed by atoms with Crippen molar-refractivity contribution >= 4 is 28.2 Å². The van der Waals surface area contributed by atoms with Crippen molar-refractivity contribution in [2.24, 2.45) is 0 Å². The number of thiophene rings is 1. The molecule has 7 heteroatoms. The van der Waals surface area contributed by atoms with Crippen molar-refractivity contribution in [3.8, 4) is 16.9 Å². The molecule has 0 radical (unpaired) electrons. The molecule has 1 aromatic heterocycles. The lowest BCUT2D eigenvalue weighted by atomic mass is 9.87. The van der Waals surface area contributed by atoms with Gasteiger partial charge < -0.3 is 14.8 Å². The Morgan fingerprint density at radius 2 is 1.64 bits per heavy atom. The number of hydrogen-bond acceptors (Lipinski definition) is 5. The SMILES string of the molecule is COC(=O)c1c(NC(=O)C(C)Oc2ccc(C(C)(C)C)cc2)sc(C)c1-c1ccc(F)cc1. The lowest BCUT2D eigenvalue weighted by Gasteiger charge is -2.20. The molecule has 3 aromatic rings. The fourth-order valence-electron chi connectivity index (χ4n) is 3.40. The fraction of sp³-hybridized carbons (Fsp3) is 0.308. The molecule has 33 heavy (non-hydrogen) atoms. The minimum Gasteiger partial charge on any atom is -0.481 e. The number of halogens is 1. The largest absolute Gasteiger partial charge is 0.481 e. The molecule has 0 saturated heterocycles. The molecule has 1 amide bonds. The average molecular weight is 470 g/mol. The monoisotopic (exact) mass is 469 g/mol. The summed E-state index contributed by atoms with van der Waals surface area (Å²) in [6.45, 7) is 9.86. The first-order chi connectivity index (χ1) is 15.5. The van der Waals surface area contributed by atoms with Crippen LogP contribution >= 0.6 is 11.3 Å². The second-order valence-electron chi connectivity index (χ2n) is 8.76. The van der Waals surface area contributed by atoms with Crippen molar-refractivity contribution < 1.29 is 23.5 Å². The van der Waals surface area contributed by atoms with Gasteiger partial charge in [0, 0.05) is 10.4 Å². The first-order valence-corrected chi connectivity index (χ1v) is 11.4. The summed E-state index contributed by atoms with van der Waals surface area (Å²) in [6.07, 6.45) is -0.798. The van der Waals surface area contributed by atoms with Gasteiger partial charge in [0.1, 0.15) is 22.1 Å². The van der Waals surface area contributed by atoms with Crippen molar-refractivity contribution in [2.75, 3.05) is 12.4 Å². The maximum Gasteiger partial charge on any atom is 0.341 e. The van der Waals surface area contributed by atoms with Crippen LogP contribution in [-0.4, -0.2) is 25.1 Å². The number of methoxy groups -OCH3 is 1. The number of aryl methyl sites for hydroxylation is 1. The van der Waals surface area contributed by atoms with Crippen molar-refractivity contribution in [3.05, 3.63) is 70.4 Å². The average Bonchev–Trinajstić information content (AvgIpc) is 3.09. The van der Waals surface area contributed by atoms with E-state index >= 15 is 0 Å². The number of nitrogens with one attached hydrogen (secondary N) is 1. The Kier molecular flexibility index (Phi) is 7.22. The van der Waals surface area contributed by atoms with E-state index in [-0.39, 0.29) is 16.8 Å². The van der Waals surface area contributed by atoms with Crippen LogP contribution in [0.25, 0.3) is 11.1 Å². The van der Waals surface area contributed by atoms with E-state index in [1.807, 2.05) is 31.2 Å². The number of benzene rings is 2. The molecule has 3 rings (SSSR count). The van der Waals surface area contributed by atoms with E-state index < -0.39 is 18.0 Å². The molecule has 1 heterocycles. The Balaban J connectivity index is 1.83. The third-order valence-electron chi connectivity index (χ3n) is 5.25. The Morgan fingerprint density at radius 1 is 1.03 bits per heavy atom. The van der Waals surface area contributed by atoms with Crippen LogP contribution in [0.15, 0.2) is 48.5 Å². The Hall–Kier alpha value is -3.19. The number of carbonyl (C=O) groups excluding carboxylic acids is 2. The first kappa shape index (κ1) is 24.5. The summed E-state index contributed by atoms with van der Waals surface area (Å²) in [7, 11) is 1.28. The normalized spacial score (nSPS) is 12.2. The van der Waals surface area contributed by atoms with Gasteiger partial charge in [-0.3, -0.25) is 4.79 Å². The number of carbonyl (C=O) groups is 2. The maximum atomic E-state index is 13.4. The molecule has 5 nitrogen and oxygen atoms in total. The summed E-state index contributed by atoms with van der Waals surface area (Å²) in [5.41, 5.74) is 2.69. The van der Waals surface area contributed by atoms with Crippen LogP contribution in [0.2, 0.25) is 0 Å². The van der Waals surface area contributed by atoms with Gasteiger partial charge in [-0.1, -0.05) is 45.0 Å². The number of hydrogen-bond donors (Lipinski definition) is 1. The van der Waals surface area contributed by atoms with E-state index in [0.717, 1.165) is 10.4 Å². The quantitative estimate of drug-likeness (QED) is 0.427. The van der Waals surface area contributed by atoms with Crippen LogP contribution in [-0.2, 0) is 14.9 Å². The highest BCUT2D eigenvalue weighted by Crippen LogP contribution is 2.40. The summed E-state index contributed by atoms with van der Waals surface area (Å²) in [6, 6.07) is 13.5. The van der Waals surface area contributed by atoms with Crippen LogP contribution < -0.4 is 10.1 Å². The Morgan fingerprint density at radius 3 is 2.18 bits per heavy atom. The molecule has 0 aliphatic heterocycles. The highest BCUT2D eigenvalue weighted by molar-refractivity contribution is 7.17. The van der Waals surface area contributed by atoms with Gasteiger partial charge in [0.2, 0.25) is 0 Å². The van der Waals surface area contributed by atoms with Crippen LogP contribution in [0.5, 0.6) is 5.75 Å². The molecule has 0 bridgehead atoms. The van der Waals surface area contributed by atoms with E-state index in [2.05, 4.69) is 26.1 Å². The Labute approximate surface area is 197 Å². The molecule has 1 unspecified atom stereocenters. The Bertz CT molecular complexity index is 1140. The number of amides is 1. The van der Waals surface area contributed by atoms with Gasteiger partial charge >= 0.3 is 5.97 Å². The summed E-state index contributed by atoms with van der Waals surface area (Å²) in [4.78, 5) is 26.3. The molecule has 1 N–H and O–H groups in total. The zero-order chi connectivity index (χ0) is 24.3. The van der Waals surface area contributed by atoms with Gasteiger partial charge in [-0.15, -0.1) is 11.3 Å². The number of esters is 1. The van der Waals surface area contributed by atoms with Crippen molar-refractivity contribution in [1.29, 1.82) is 0 Å². The maximum absolute atomic E-state index is 13.4. The van der Waals surface area contributed by atoms with Gasteiger partial charge in [-0.2, -0.15) is 0 Å². The van der Waals surface area contributed by atoms with Crippen LogP contribution in [0, 0.1) is 12.7 Å². The molecular formula is C26H28FNO4S. The summed E-state index contributed by atoms with van der Waals surface area (Å²) < 4.78 is 24.2. The van der Waals surface area contributed by atoms with E-state index in [4.69, 9.17) is 9.47 Å². The standard InChI is InChI=1S/C26H28FNO4S/c1-15(32-20-13-9-18(10-14-20)26(3,4)5)23(29)28-24-22(25(30)31-6)21(16(2)33-24)17-7-11-19(27)12-8-17/h7-15H,1-6H3,(H,28,29). The third-order valence-corrected chi connectivity index (χ3v) is 6.27. The molecular weight excluding hydrogens is 441 g/mol. The third kappa shape index (κ3) is 5.60. The topological polar surface area (TPSA) is 64.6 Å². The number of rotatable bonds is 6. The molecule has 0 aliphatic carbocycles. The number of anilines is 1. The van der Waals surface area contributed by atoms with Crippen LogP contribution in [0.4, 0.5) is 9.39 Å². The number of ether oxygens (including phenoxy) is 2. The van der Waals surface area contributed by atoms with Gasteiger partial charge in [0.25, 0.3) is 5.91 Å². The first-order valence-electron chi connectivity index (χ1n) is 10.6. The zero-order valence-electron chi connectivity index (χ0n) is 19.6. The molecule has 2 aromatic carbocycles. The minimum absolute atomic E-state index is 0.0189. The molecule has 0 saturated carbocycles. The highest BCUT2D eigenvalue weighted by Gasteiger charge is 2.27. The van der Waals surface area contributed by atoms with Crippen molar-refractivity contribution in [3.63, 3.8) is 0 Å². The summed E-state index contributed by atoms with van der Waals surface area (Å²) in [5.74, 6) is -0.776. The molecule has 0 aliphatic rings. The van der Waals surface area contributed by atoms with E-state index in [9.17, 15) is 14.0 Å². The highest BCUT2D eigenvalue weighted by atomic mass is 32.1. The van der Waals surface area contributed by atoms with Gasteiger partial charge in [-0.05, 0) is 54.7 Å². The molecule has 0 fully saturated rings. The second kappa shape index (κ2) is 9.75. The molecule has 0 spiro atoms. The zero-order valence-corrected chi connectivity index (χ0v) is 20.4. The second-order valence-corrected chi connectivity index (χ2v) is 9.98. The lowest BCUT2D eigenvalue weighted by molar-refractivity contribution is -0.122.